The molecule has 3 aromatic rings. The zero-order valence-corrected chi connectivity index (χ0v) is 23.7. The van der Waals surface area contributed by atoms with Crippen LogP contribution in [0, 0.1) is 5.41 Å². The Labute approximate surface area is 229 Å². The SMILES string of the molecule is CC(C)(C)CC(C)(C)OC(=O)N(C(=O)O)c1ncc(Br)nc1-c1cc(-c2ccc(CNC3CC3)cc2)no1. The summed E-state index contributed by atoms with van der Waals surface area (Å²) < 4.78 is 11.5. The van der Waals surface area contributed by atoms with E-state index in [-0.39, 0.29) is 22.7 Å². The number of carboxylic acid groups (broad SMARTS) is 1. The van der Waals surface area contributed by atoms with Crippen LogP contribution in [0.1, 0.15) is 59.4 Å². The number of imide groups is 1. The minimum atomic E-state index is -1.56. The topological polar surface area (TPSA) is 131 Å². The van der Waals surface area contributed by atoms with Crippen LogP contribution < -0.4 is 10.2 Å². The largest absolute Gasteiger partial charge is 0.464 e. The van der Waals surface area contributed by atoms with Crippen LogP contribution in [0.2, 0.25) is 0 Å². The highest BCUT2D eigenvalue weighted by atomic mass is 79.9. The highest BCUT2D eigenvalue weighted by molar-refractivity contribution is 9.10. The smallest absolute Gasteiger partial charge is 0.425 e. The molecule has 1 fully saturated rings. The first-order valence-electron chi connectivity index (χ1n) is 12.4. The van der Waals surface area contributed by atoms with E-state index in [1.165, 1.54) is 19.0 Å². The van der Waals surface area contributed by atoms with Crippen molar-refractivity contribution < 1.29 is 24.0 Å². The van der Waals surface area contributed by atoms with Gasteiger partial charge in [0.1, 0.15) is 15.9 Å². The Hall–Kier alpha value is -3.31. The van der Waals surface area contributed by atoms with E-state index in [9.17, 15) is 14.7 Å². The standard InChI is InChI=1S/C27H32BrN5O5/c1-26(2,3)15-27(4,5)37-25(36)33(24(34)35)23-22(31-21(28)14-30-23)20-12-19(32-38-20)17-8-6-16(7-9-17)13-29-18-10-11-18/h6-9,12,14,18,29H,10-11,13,15H2,1-5H3,(H,34,35). The van der Waals surface area contributed by atoms with Crippen molar-refractivity contribution in [2.24, 2.45) is 5.41 Å². The Morgan fingerprint density at radius 1 is 1.18 bits per heavy atom. The molecule has 2 N–H and O–H groups in total. The molecule has 2 aromatic heterocycles. The number of ether oxygens (including phenoxy) is 1. The molecule has 38 heavy (non-hydrogen) atoms. The summed E-state index contributed by atoms with van der Waals surface area (Å²) in [6, 6.07) is 10.2. The molecule has 1 aliphatic rings. The van der Waals surface area contributed by atoms with Crippen molar-refractivity contribution in [1.82, 2.24) is 20.4 Å². The number of carbonyl (C=O) groups is 2. The van der Waals surface area contributed by atoms with Crippen molar-refractivity contribution >= 4 is 33.9 Å². The average Bonchev–Trinajstić information content (AvgIpc) is 3.50. The van der Waals surface area contributed by atoms with Gasteiger partial charge in [0.05, 0.1) is 6.20 Å². The highest BCUT2D eigenvalue weighted by Gasteiger charge is 2.36. The van der Waals surface area contributed by atoms with Gasteiger partial charge < -0.3 is 19.7 Å². The molecule has 11 heteroatoms. The molecule has 0 bridgehead atoms. The Kier molecular flexibility index (Phi) is 7.89. The maximum atomic E-state index is 13.1. The van der Waals surface area contributed by atoms with Crippen LogP contribution in [0.15, 0.2) is 45.7 Å². The molecule has 1 aromatic carbocycles. The van der Waals surface area contributed by atoms with Crippen LogP contribution in [0.3, 0.4) is 0 Å². The third-order valence-corrected chi connectivity index (χ3v) is 6.18. The summed E-state index contributed by atoms with van der Waals surface area (Å²) in [4.78, 5) is 34.3. The zero-order valence-electron chi connectivity index (χ0n) is 22.1. The Morgan fingerprint density at radius 3 is 2.47 bits per heavy atom. The lowest BCUT2D eigenvalue weighted by Crippen LogP contribution is -2.43. The predicted octanol–water partition coefficient (Wildman–Crippen LogP) is 6.65. The van der Waals surface area contributed by atoms with Gasteiger partial charge in [-0.25, -0.2) is 19.6 Å². The van der Waals surface area contributed by atoms with E-state index in [0.29, 0.717) is 27.7 Å². The second-order valence-corrected chi connectivity index (χ2v) is 12.1. The van der Waals surface area contributed by atoms with Gasteiger partial charge in [0.25, 0.3) is 0 Å². The van der Waals surface area contributed by atoms with Gasteiger partial charge in [-0.3, -0.25) is 0 Å². The van der Waals surface area contributed by atoms with Crippen molar-refractivity contribution in [2.75, 3.05) is 4.90 Å². The molecule has 0 radical (unpaired) electrons. The second-order valence-electron chi connectivity index (χ2n) is 11.3. The van der Waals surface area contributed by atoms with E-state index in [0.717, 1.165) is 17.7 Å². The van der Waals surface area contributed by atoms with Crippen LogP contribution in [-0.2, 0) is 11.3 Å². The maximum Gasteiger partial charge on any atom is 0.425 e. The van der Waals surface area contributed by atoms with E-state index >= 15 is 0 Å². The number of nitrogens with zero attached hydrogens (tertiary/aromatic N) is 4. The summed E-state index contributed by atoms with van der Waals surface area (Å²) in [6.45, 7) is 10.3. The first-order valence-corrected chi connectivity index (χ1v) is 13.2. The Balaban J connectivity index is 1.60. The summed E-state index contributed by atoms with van der Waals surface area (Å²) in [5, 5.41) is 17.6. The Bertz CT molecular complexity index is 1310. The third kappa shape index (κ3) is 7.16. The van der Waals surface area contributed by atoms with E-state index < -0.39 is 17.8 Å². The van der Waals surface area contributed by atoms with Crippen molar-refractivity contribution in [3.05, 3.63) is 46.7 Å². The fraction of sp³-hybridized carbons (Fsp3) is 0.444. The van der Waals surface area contributed by atoms with Gasteiger partial charge in [-0.15, -0.1) is 0 Å². The number of nitrogens with one attached hydrogen (secondary N) is 1. The summed E-state index contributed by atoms with van der Waals surface area (Å²) in [5.41, 5.74) is 1.46. The van der Waals surface area contributed by atoms with Crippen molar-refractivity contribution in [3.63, 3.8) is 0 Å². The third-order valence-electron chi connectivity index (χ3n) is 5.79. The van der Waals surface area contributed by atoms with E-state index in [2.05, 4.69) is 36.4 Å². The zero-order chi connectivity index (χ0) is 27.7. The lowest BCUT2D eigenvalue weighted by molar-refractivity contribution is 0.0145. The van der Waals surface area contributed by atoms with Crippen LogP contribution >= 0.6 is 15.9 Å². The second kappa shape index (κ2) is 10.8. The molecule has 2 amide bonds. The van der Waals surface area contributed by atoms with Gasteiger partial charge in [0.15, 0.2) is 17.3 Å². The number of anilines is 1. The quantitative estimate of drug-likeness (QED) is 0.298. The molecule has 4 rings (SSSR count). The van der Waals surface area contributed by atoms with Crippen molar-refractivity contribution in [3.8, 4) is 22.7 Å². The van der Waals surface area contributed by atoms with E-state index in [1.54, 1.807) is 19.9 Å². The van der Waals surface area contributed by atoms with Gasteiger partial charge in [-0.05, 0) is 60.0 Å². The van der Waals surface area contributed by atoms with Gasteiger partial charge in [-0.1, -0.05) is 50.2 Å². The fourth-order valence-corrected chi connectivity index (χ4v) is 4.69. The van der Waals surface area contributed by atoms with E-state index in [4.69, 9.17) is 9.26 Å². The first-order chi connectivity index (χ1) is 17.8. The normalized spacial score (nSPS) is 13.8. The molecule has 0 spiro atoms. The molecular formula is C27H32BrN5O5. The number of hydrogen-bond donors (Lipinski definition) is 2. The molecule has 0 saturated heterocycles. The van der Waals surface area contributed by atoms with Crippen LogP contribution in [0.25, 0.3) is 22.7 Å². The van der Waals surface area contributed by atoms with Crippen molar-refractivity contribution in [1.29, 1.82) is 0 Å². The minimum Gasteiger partial charge on any atom is -0.464 e. The number of rotatable bonds is 8. The molecule has 2 heterocycles. The number of carbonyl (C=O) groups excluding carboxylic acids is 1. The van der Waals surface area contributed by atoms with E-state index in [1.807, 2.05) is 45.0 Å². The van der Waals surface area contributed by atoms with Crippen LogP contribution in [0.5, 0.6) is 0 Å². The van der Waals surface area contributed by atoms with Gasteiger partial charge in [-0.2, -0.15) is 4.90 Å². The number of aromatic nitrogens is 3. The van der Waals surface area contributed by atoms with Gasteiger partial charge in [0.2, 0.25) is 0 Å². The number of halogens is 1. The number of hydrogen-bond acceptors (Lipinski definition) is 8. The summed E-state index contributed by atoms with van der Waals surface area (Å²) in [7, 11) is 0. The molecule has 202 valence electrons. The molecule has 1 aliphatic carbocycles. The maximum absolute atomic E-state index is 13.1. The molecule has 10 nitrogen and oxygen atoms in total. The summed E-state index contributed by atoms with van der Waals surface area (Å²) in [5.74, 6) is -0.0993. The lowest BCUT2D eigenvalue weighted by Gasteiger charge is -2.33. The first kappa shape index (κ1) is 27.7. The van der Waals surface area contributed by atoms with Gasteiger partial charge in [0, 0.05) is 24.2 Å². The molecule has 0 aliphatic heterocycles. The highest BCUT2D eigenvalue weighted by Crippen LogP contribution is 2.34. The average molecular weight is 586 g/mol. The Morgan fingerprint density at radius 2 is 1.87 bits per heavy atom. The summed E-state index contributed by atoms with van der Waals surface area (Å²) in [6.07, 6.45) is 1.62. The molecular weight excluding hydrogens is 554 g/mol. The molecule has 0 atom stereocenters. The van der Waals surface area contributed by atoms with Crippen LogP contribution in [0.4, 0.5) is 15.4 Å². The number of amides is 2. The summed E-state index contributed by atoms with van der Waals surface area (Å²) >= 11 is 3.26. The molecule has 0 unspecified atom stereocenters. The number of benzene rings is 1. The van der Waals surface area contributed by atoms with Gasteiger partial charge >= 0.3 is 12.2 Å². The lowest BCUT2D eigenvalue weighted by atomic mass is 9.84. The van der Waals surface area contributed by atoms with Crippen LogP contribution in [-0.4, -0.2) is 44.1 Å². The fourth-order valence-electron chi connectivity index (χ4n) is 4.41. The predicted molar refractivity (Wildman–Crippen MR) is 146 cm³/mol. The van der Waals surface area contributed by atoms with Crippen molar-refractivity contribution in [2.45, 2.75) is 72.1 Å². The minimum absolute atomic E-state index is 0.0244. The monoisotopic (exact) mass is 585 g/mol. The molecule has 1 saturated carbocycles.